The Morgan fingerprint density at radius 1 is 1.19 bits per heavy atom. The summed E-state index contributed by atoms with van der Waals surface area (Å²) in [7, 11) is 3.61. The molecule has 4 heterocycles. The Balaban J connectivity index is 1.52. The summed E-state index contributed by atoms with van der Waals surface area (Å²) in [6.07, 6.45) is 3.62. The molecule has 0 aromatic carbocycles. The van der Waals surface area contributed by atoms with E-state index in [4.69, 9.17) is 4.52 Å². The molecule has 0 N–H and O–H groups in total. The van der Waals surface area contributed by atoms with Crippen LogP contribution < -0.4 is 0 Å². The summed E-state index contributed by atoms with van der Waals surface area (Å²) >= 11 is 0. The van der Waals surface area contributed by atoms with Gasteiger partial charge in [0.15, 0.2) is 5.76 Å². The Morgan fingerprint density at radius 3 is 2.88 bits per heavy atom. The van der Waals surface area contributed by atoms with Gasteiger partial charge in [-0.15, -0.1) is 0 Å². The highest BCUT2D eigenvalue weighted by molar-refractivity contribution is 5.94. The van der Waals surface area contributed by atoms with Gasteiger partial charge in [-0.3, -0.25) is 9.78 Å². The summed E-state index contributed by atoms with van der Waals surface area (Å²) in [5.74, 6) is 0.408. The van der Waals surface area contributed by atoms with E-state index < -0.39 is 0 Å². The van der Waals surface area contributed by atoms with Gasteiger partial charge in [-0.25, -0.2) is 4.98 Å². The van der Waals surface area contributed by atoms with Gasteiger partial charge in [0.05, 0.1) is 12.2 Å². The van der Waals surface area contributed by atoms with Crippen molar-refractivity contribution in [2.75, 3.05) is 7.05 Å². The van der Waals surface area contributed by atoms with Crippen LogP contribution in [0, 0.1) is 0 Å². The minimum atomic E-state index is -0.177. The predicted octanol–water partition coefficient (Wildman–Crippen LogP) is 2.90. The lowest BCUT2D eigenvalue weighted by Gasteiger charge is -2.14. The number of amides is 1. The number of nitrogens with zero attached hydrogens (tertiary/aromatic N) is 5. The maximum atomic E-state index is 12.7. The molecular formula is C19H17N5O2. The number of carbonyl (C=O) groups excluding carboxylic acids is 1. The van der Waals surface area contributed by atoms with Crippen molar-refractivity contribution >= 4 is 16.9 Å². The number of aromatic nitrogens is 4. The maximum absolute atomic E-state index is 12.7. The number of carbonyl (C=O) groups is 1. The van der Waals surface area contributed by atoms with Crippen LogP contribution in [0.15, 0.2) is 59.4 Å². The monoisotopic (exact) mass is 347 g/mol. The molecule has 1 amide bonds. The molecule has 0 fully saturated rings. The third-order valence-electron chi connectivity index (χ3n) is 4.16. The largest absolute Gasteiger partial charge is 0.359 e. The number of fused-ring (bicyclic) bond motifs is 1. The number of aryl methyl sites for hydroxylation is 1. The SMILES string of the molecule is CN(Cc1cc(-c2ccccn2)no1)C(=O)c1ccc2ccn(C)c2n1. The molecule has 7 heteroatoms. The zero-order chi connectivity index (χ0) is 18.1. The predicted molar refractivity (Wildman–Crippen MR) is 96.2 cm³/mol. The fraction of sp³-hybridized carbons (Fsp3) is 0.158. The second kappa shape index (κ2) is 6.44. The van der Waals surface area contributed by atoms with Crippen LogP contribution in [0.3, 0.4) is 0 Å². The number of hydrogen-bond donors (Lipinski definition) is 0. The third kappa shape index (κ3) is 2.95. The molecular weight excluding hydrogens is 330 g/mol. The van der Waals surface area contributed by atoms with Crippen molar-refractivity contribution < 1.29 is 9.32 Å². The van der Waals surface area contributed by atoms with E-state index in [-0.39, 0.29) is 5.91 Å². The molecule has 4 rings (SSSR count). The fourth-order valence-corrected chi connectivity index (χ4v) is 2.78. The second-order valence-electron chi connectivity index (χ2n) is 6.09. The molecule has 26 heavy (non-hydrogen) atoms. The number of rotatable bonds is 4. The van der Waals surface area contributed by atoms with Crippen LogP contribution in [0.2, 0.25) is 0 Å². The van der Waals surface area contributed by atoms with E-state index >= 15 is 0 Å². The number of pyridine rings is 2. The Bertz CT molecular complexity index is 1070. The average Bonchev–Trinajstić information content (AvgIpc) is 3.28. The van der Waals surface area contributed by atoms with Gasteiger partial charge >= 0.3 is 0 Å². The van der Waals surface area contributed by atoms with Gasteiger partial charge in [-0.05, 0) is 30.3 Å². The molecule has 0 saturated heterocycles. The van der Waals surface area contributed by atoms with Gasteiger partial charge in [0.1, 0.15) is 17.0 Å². The smallest absolute Gasteiger partial charge is 0.272 e. The molecule has 0 atom stereocenters. The standard InChI is InChI=1S/C19H17N5O2/c1-23-10-8-13-6-7-16(21-18(13)23)19(25)24(2)12-14-11-17(22-26-14)15-5-3-4-9-20-15/h3-11H,12H2,1-2H3. The Labute approximate surface area is 149 Å². The van der Waals surface area contributed by atoms with Crippen LogP contribution in [0.1, 0.15) is 16.2 Å². The minimum Gasteiger partial charge on any atom is -0.359 e. The molecule has 4 aromatic heterocycles. The van der Waals surface area contributed by atoms with Crippen LogP contribution in [0.25, 0.3) is 22.4 Å². The van der Waals surface area contributed by atoms with E-state index in [0.29, 0.717) is 23.7 Å². The first kappa shape index (κ1) is 16.0. The summed E-state index contributed by atoms with van der Waals surface area (Å²) in [6, 6.07) is 13.0. The van der Waals surface area contributed by atoms with Gasteiger partial charge in [-0.2, -0.15) is 0 Å². The molecule has 0 aliphatic rings. The molecule has 7 nitrogen and oxygen atoms in total. The number of hydrogen-bond acceptors (Lipinski definition) is 5. The summed E-state index contributed by atoms with van der Waals surface area (Å²) in [5, 5.41) is 5.02. The first-order chi connectivity index (χ1) is 12.6. The van der Waals surface area contributed by atoms with Crippen LogP contribution in [0.5, 0.6) is 0 Å². The summed E-state index contributed by atoms with van der Waals surface area (Å²) in [5.41, 5.74) is 2.55. The lowest BCUT2D eigenvalue weighted by atomic mass is 10.2. The van der Waals surface area contributed by atoms with Crippen molar-refractivity contribution in [3.05, 3.63) is 66.3 Å². The molecule has 0 spiro atoms. The summed E-state index contributed by atoms with van der Waals surface area (Å²) < 4.78 is 7.23. The Morgan fingerprint density at radius 2 is 2.08 bits per heavy atom. The topological polar surface area (TPSA) is 77.0 Å². The molecule has 0 radical (unpaired) electrons. The lowest BCUT2D eigenvalue weighted by molar-refractivity contribution is 0.0767. The first-order valence-corrected chi connectivity index (χ1v) is 8.16. The van der Waals surface area contributed by atoms with Crippen LogP contribution in [0.4, 0.5) is 0 Å². The highest BCUT2D eigenvalue weighted by Gasteiger charge is 2.17. The van der Waals surface area contributed by atoms with E-state index in [2.05, 4.69) is 15.1 Å². The van der Waals surface area contributed by atoms with Crippen molar-refractivity contribution in [1.82, 2.24) is 24.6 Å². The molecule has 0 saturated carbocycles. The van der Waals surface area contributed by atoms with Crippen LogP contribution >= 0.6 is 0 Å². The quantitative estimate of drug-likeness (QED) is 0.567. The van der Waals surface area contributed by atoms with Gasteiger partial charge in [0.25, 0.3) is 5.91 Å². The van der Waals surface area contributed by atoms with Gasteiger partial charge < -0.3 is 14.0 Å². The Hall–Kier alpha value is -3.48. The average molecular weight is 347 g/mol. The maximum Gasteiger partial charge on any atom is 0.272 e. The highest BCUT2D eigenvalue weighted by atomic mass is 16.5. The summed E-state index contributed by atoms with van der Waals surface area (Å²) in [6.45, 7) is 0.297. The molecule has 0 unspecified atom stereocenters. The lowest BCUT2D eigenvalue weighted by Crippen LogP contribution is -2.26. The van der Waals surface area contributed by atoms with Crippen LogP contribution in [-0.2, 0) is 13.6 Å². The molecule has 0 bridgehead atoms. The fourth-order valence-electron chi connectivity index (χ4n) is 2.78. The Kier molecular flexibility index (Phi) is 3.96. The van der Waals surface area contributed by atoms with Gasteiger partial charge in [0, 0.05) is 37.9 Å². The van der Waals surface area contributed by atoms with E-state index in [9.17, 15) is 4.79 Å². The summed E-state index contributed by atoms with van der Waals surface area (Å²) in [4.78, 5) is 22.9. The zero-order valence-corrected chi connectivity index (χ0v) is 14.5. The zero-order valence-electron chi connectivity index (χ0n) is 14.5. The second-order valence-corrected chi connectivity index (χ2v) is 6.09. The molecule has 130 valence electrons. The van der Waals surface area contributed by atoms with E-state index in [1.54, 1.807) is 30.3 Å². The normalized spacial score (nSPS) is 11.0. The molecule has 0 aliphatic heterocycles. The molecule has 4 aromatic rings. The van der Waals surface area contributed by atoms with E-state index in [0.717, 1.165) is 16.7 Å². The van der Waals surface area contributed by atoms with Crippen molar-refractivity contribution in [2.24, 2.45) is 7.05 Å². The van der Waals surface area contributed by atoms with E-state index in [1.807, 2.05) is 48.1 Å². The van der Waals surface area contributed by atoms with Crippen molar-refractivity contribution in [3.63, 3.8) is 0 Å². The van der Waals surface area contributed by atoms with Gasteiger partial charge in [-0.1, -0.05) is 11.2 Å². The van der Waals surface area contributed by atoms with Crippen molar-refractivity contribution in [1.29, 1.82) is 0 Å². The third-order valence-corrected chi connectivity index (χ3v) is 4.16. The minimum absolute atomic E-state index is 0.177. The first-order valence-electron chi connectivity index (χ1n) is 8.16. The van der Waals surface area contributed by atoms with Gasteiger partial charge in [0.2, 0.25) is 0 Å². The van der Waals surface area contributed by atoms with Crippen LogP contribution in [-0.4, -0.2) is 37.5 Å². The van der Waals surface area contributed by atoms with Crippen molar-refractivity contribution in [3.8, 4) is 11.4 Å². The molecule has 0 aliphatic carbocycles. The highest BCUT2D eigenvalue weighted by Crippen LogP contribution is 2.18. The van der Waals surface area contributed by atoms with Crippen molar-refractivity contribution in [2.45, 2.75) is 6.54 Å². The van der Waals surface area contributed by atoms with E-state index in [1.165, 1.54) is 0 Å².